The highest BCUT2D eigenvalue weighted by atomic mass is 16.5. The fourth-order valence-electron chi connectivity index (χ4n) is 2.51. The van der Waals surface area contributed by atoms with Crippen LogP contribution in [-0.2, 0) is 14.3 Å². The standard InChI is InChI=1S/C14H26N2O4/c1-3-20-14(19)5-4-7-15-13(18)9-16-8-6-11(2)12(16)10-17/h11-12,17H,3-10H2,1-2H3,(H,15,18). The monoisotopic (exact) mass is 286 g/mol. The van der Waals surface area contributed by atoms with E-state index in [9.17, 15) is 14.7 Å². The van der Waals surface area contributed by atoms with E-state index in [1.54, 1.807) is 6.92 Å². The molecule has 0 bridgehead atoms. The number of amides is 1. The molecule has 1 aliphatic rings. The first-order valence-corrected chi connectivity index (χ1v) is 7.35. The second kappa shape index (κ2) is 8.92. The number of ether oxygens (including phenoxy) is 1. The number of hydrogen-bond acceptors (Lipinski definition) is 5. The predicted molar refractivity (Wildman–Crippen MR) is 75.1 cm³/mol. The quantitative estimate of drug-likeness (QED) is 0.490. The van der Waals surface area contributed by atoms with Crippen LogP contribution in [-0.4, -0.2) is 60.8 Å². The second-order valence-corrected chi connectivity index (χ2v) is 5.24. The molecule has 0 saturated carbocycles. The molecule has 0 aromatic carbocycles. The second-order valence-electron chi connectivity index (χ2n) is 5.24. The Morgan fingerprint density at radius 3 is 2.85 bits per heavy atom. The van der Waals surface area contributed by atoms with Crippen LogP contribution >= 0.6 is 0 Å². The SMILES string of the molecule is CCOC(=O)CCCNC(=O)CN1CCC(C)C1CO. The lowest BCUT2D eigenvalue weighted by atomic mass is 10.0. The summed E-state index contributed by atoms with van der Waals surface area (Å²) in [7, 11) is 0. The number of aliphatic hydroxyl groups excluding tert-OH is 1. The highest BCUT2D eigenvalue weighted by molar-refractivity contribution is 5.78. The number of likely N-dealkylation sites (tertiary alicyclic amines) is 1. The van der Waals surface area contributed by atoms with Gasteiger partial charge in [0.15, 0.2) is 0 Å². The number of carbonyl (C=O) groups is 2. The largest absolute Gasteiger partial charge is 0.466 e. The zero-order chi connectivity index (χ0) is 15.0. The van der Waals surface area contributed by atoms with Gasteiger partial charge in [0.25, 0.3) is 0 Å². The Bertz CT molecular complexity index is 322. The van der Waals surface area contributed by atoms with E-state index < -0.39 is 0 Å². The summed E-state index contributed by atoms with van der Waals surface area (Å²) in [6.45, 7) is 5.99. The molecule has 1 heterocycles. The lowest BCUT2D eigenvalue weighted by Gasteiger charge is -2.24. The van der Waals surface area contributed by atoms with Gasteiger partial charge in [-0.25, -0.2) is 0 Å². The smallest absolute Gasteiger partial charge is 0.305 e. The molecular formula is C14H26N2O4. The average Bonchev–Trinajstić information content (AvgIpc) is 2.75. The van der Waals surface area contributed by atoms with Crippen molar-refractivity contribution in [1.82, 2.24) is 10.2 Å². The summed E-state index contributed by atoms with van der Waals surface area (Å²) >= 11 is 0. The molecule has 116 valence electrons. The van der Waals surface area contributed by atoms with E-state index in [0.29, 0.717) is 38.5 Å². The molecule has 1 aliphatic heterocycles. The van der Waals surface area contributed by atoms with Crippen LogP contribution in [0.25, 0.3) is 0 Å². The van der Waals surface area contributed by atoms with E-state index in [1.165, 1.54) is 0 Å². The van der Waals surface area contributed by atoms with Crippen LogP contribution in [0.1, 0.15) is 33.1 Å². The van der Waals surface area contributed by atoms with Crippen LogP contribution in [0.2, 0.25) is 0 Å². The van der Waals surface area contributed by atoms with E-state index in [2.05, 4.69) is 12.2 Å². The molecule has 1 saturated heterocycles. The van der Waals surface area contributed by atoms with Gasteiger partial charge in [0.2, 0.25) is 5.91 Å². The molecule has 0 aromatic rings. The van der Waals surface area contributed by atoms with Crippen LogP contribution in [0, 0.1) is 5.92 Å². The van der Waals surface area contributed by atoms with Crippen LogP contribution in [0.15, 0.2) is 0 Å². The van der Waals surface area contributed by atoms with Gasteiger partial charge in [0.05, 0.1) is 19.8 Å². The Morgan fingerprint density at radius 1 is 1.45 bits per heavy atom. The molecule has 0 aromatic heterocycles. The number of rotatable bonds is 8. The zero-order valence-corrected chi connectivity index (χ0v) is 12.4. The highest BCUT2D eigenvalue weighted by Crippen LogP contribution is 2.22. The molecule has 1 fully saturated rings. The third-order valence-electron chi connectivity index (χ3n) is 3.72. The molecule has 2 atom stereocenters. The lowest BCUT2D eigenvalue weighted by Crippen LogP contribution is -2.42. The molecule has 20 heavy (non-hydrogen) atoms. The molecule has 6 nitrogen and oxygen atoms in total. The molecule has 0 aliphatic carbocycles. The molecule has 2 N–H and O–H groups in total. The summed E-state index contributed by atoms with van der Waals surface area (Å²) in [5.41, 5.74) is 0. The summed E-state index contributed by atoms with van der Waals surface area (Å²) in [4.78, 5) is 24.9. The van der Waals surface area contributed by atoms with E-state index >= 15 is 0 Å². The topological polar surface area (TPSA) is 78.9 Å². The van der Waals surface area contributed by atoms with Gasteiger partial charge in [0, 0.05) is 19.0 Å². The maximum Gasteiger partial charge on any atom is 0.305 e. The number of aliphatic hydroxyl groups is 1. The minimum Gasteiger partial charge on any atom is -0.466 e. The number of hydrogen-bond donors (Lipinski definition) is 2. The van der Waals surface area contributed by atoms with E-state index in [-0.39, 0.29) is 24.5 Å². The van der Waals surface area contributed by atoms with Crippen molar-refractivity contribution in [2.75, 3.05) is 32.8 Å². The molecule has 2 unspecified atom stereocenters. The van der Waals surface area contributed by atoms with E-state index in [4.69, 9.17) is 4.74 Å². The van der Waals surface area contributed by atoms with Crippen LogP contribution in [0.5, 0.6) is 0 Å². The number of esters is 1. The molecule has 6 heteroatoms. The van der Waals surface area contributed by atoms with Gasteiger partial charge < -0.3 is 15.2 Å². The van der Waals surface area contributed by atoms with Gasteiger partial charge in [0.1, 0.15) is 0 Å². The van der Waals surface area contributed by atoms with Gasteiger partial charge in [-0.3, -0.25) is 14.5 Å². The van der Waals surface area contributed by atoms with Crippen molar-refractivity contribution in [3.05, 3.63) is 0 Å². The molecule has 1 rings (SSSR count). The minimum absolute atomic E-state index is 0.0543. The fraction of sp³-hybridized carbons (Fsp3) is 0.857. The van der Waals surface area contributed by atoms with Gasteiger partial charge >= 0.3 is 5.97 Å². The van der Waals surface area contributed by atoms with Gasteiger partial charge in [-0.1, -0.05) is 6.92 Å². The summed E-state index contributed by atoms with van der Waals surface area (Å²) < 4.78 is 4.81. The molecule has 0 spiro atoms. The van der Waals surface area contributed by atoms with Crippen LogP contribution in [0.3, 0.4) is 0 Å². The van der Waals surface area contributed by atoms with Crippen molar-refractivity contribution in [3.63, 3.8) is 0 Å². The molecule has 1 amide bonds. The van der Waals surface area contributed by atoms with E-state index in [1.807, 2.05) is 4.90 Å². The van der Waals surface area contributed by atoms with Crippen molar-refractivity contribution in [2.24, 2.45) is 5.92 Å². The zero-order valence-electron chi connectivity index (χ0n) is 12.4. The normalized spacial score (nSPS) is 22.8. The Hall–Kier alpha value is -1.14. The van der Waals surface area contributed by atoms with Crippen molar-refractivity contribution < 1.29 is 19.4 Å². The van der Waals surface area contributed by atoms with Gasteiger partial charge in [-0.2, -0.15) is 0 Å². The maximum atomic E-state index is 11.8. The Balaban J connectivity index is 2.16. The van der Waals surface area contributed by atoms with E-state index in [0.717, 1.165) is 13.0 Å². The average molecular weight is 286 g/mol. The van der Waals surface area contributed by atoms with Crippen LogP contribution < -0.4 is 5.32 Å². The molecular weight excluding hydrogens is 260 g/mol. The summed E-state index contributed by atoms with van der Waals surface area (Å²) in [5, 5.41) is 12.1. The molecule has 0 radical (unpaired) electrons. The summed E-state index contributed by atoms with van der Waals surface area (Å²) in [6.07, 6.45) is 1.93. The number of nitrogens with one attached hydrogen (secondary N) is 1. The van der Waals surface area contributed by atoms with Crippen LogP contribution in [0.4, 0.5) is 0 Å². The lowest BCUT2D eigenvalue weighted by molar-refractivity contribution is -0.143. The first-order valence-electron chi connectivity index (χ1n) is 7.35. The number of carbonyl (C=O) groups excluding carboxylic acids is 2. The maximum absolute atomic E-state index is 11.8. The van der Waals surface area contributed by atoms with Crippen molar-refractivity contribution >= 4 is 11.9 Å². The summed E-state index contributed by atoms with van der Waals surface area (Å²) in [5.74, 6) is 0.147. The van der Waals surface area contributed by atoms with Crippen molar-refractivity contribution in [2.45, 2.75) is 39.2 Å². The summed E-state index contributed by atoms with van der Waals surface area (Å²) in [6, 6.07) is 0.0836. The Kier molecular flexibility index (Phi) is 7.54. The third kappa shape index (κ3) is 5.46. The van der Waals surface area contributed by atoms with Crippen molar-refractivity contribution in [3.8, 4) is 0 Å². The van der Waals surface area contributed by atoms with Crippen molar-refractivity contribution in [1.29, 1.82) is 0 Å². The predicted octanol–water partition coefficient (Wildman–Crippen LogP) is 0.149. The first kappa shape index (κ1) is 16.9. The van der Waals surface area contributed by atoms with Gasteiger partial charge in [-0.05, 0) is 32.2 Å². The highest BCUT2D eigenvalue weighted by Gasteiger charge is 2.31. The first-order chi connectivity index (χ1) is 9.58. The van der Waals surface area contributed by atoms with Gasteiger partial charge in [-0.15, -0.1) is 0 Å². The third-order valence-corrected chi connectivity index (χ3v) is 3.72. The minimum atomic E-state index is -0.226. The Morgan fingerprint density at radius 2 is 2.20 bits per heavy atom. The fourth-order valence-corrected chi connectivity index (χ4v) is 2.51. The Labute approximate surface area is 120 Å². The number of nitrogens with zero attached hydrogens (tertiary/aromatic N) is 1.